The Morgan fingerprint density at radius 2 is 1.56 bits per heavy atom. The van der Waals surface area contributed by atoms with E-state index >= 15 is 0 Å². The van der Waals surface area contributed by atoms with Gasteiger partial charge in [0.1, 0.15) is 0 Å². The smallest absolute Gasteiger partial charge is 0.310 e. The Hall–Kier alpha value is -2.43. The molecule has 0 heterocycles. The van der Waals surface area contributed by atoms with Crippen LogP contribution in [-0.2, 0) is 19.1 Å². The molecule has 2 fully saturated rings. The van der Waals surface area contributed by atoms with Gasteiger partial charge >= 0.3 is 11.9 Å². The summed E-state index contributed by atoms with van der Waals surface area (Å²) in [6.07, 6.45) is 4.95. The number of hydrogen-bond donors (Lipinski definition) is 0. The first-order valence-corrected chi connectivity index (χ1v) is 9.61. The van der Waals surface area contributed by atoms with E-state index in [2.05, 4.69) is 12.2 Å². The van der Waals surface area contributed by atoms with Crippen molar-refractivity contribution in [3.8, 4) is 0 Å². The van der Waals surface area contributed by atoms with E-state index in [4.69, 9.17) is 9.47 Å². The fraction of sp³-hybridized carbons (Fsp3) is 0.500. The Morgan fingerprint density at radius 3 is 2.15 bits per heavy atom. The fourth-order valence-corrected chi connectivity index (χ4v) is 4.77. The first-order chi connectivity index (χ1) is 13.0. The second-order valence-electron chi connectivity index (χ2n) is 8.04. The SMILES string of the molecule is CC(C)OC(=O)[C@H]1[C@@H]2C=C[C@@H]([C@@H]3C[C@H]23)[C@@H]1C(=O)OCC(=O)c1ccccc1. The third-order valence-electron chi connectivity index (χ3n) is 5.99. The van der Waals surface area contributed by atoms with Gasteiger partial charge in [-0.15, -0.1) is 0 Å². The molecule has 2 bridgehead atoms. The Kier molecular flexibility index (Phi) is 4.62. The largest absolute Gasteiger partial charge is 0.463 e. The molecule has 5 nitrogen and oxygen atoms in total. The average Bonchev–Trinajstić information content (AvgIpc) is 3.48. The zero-order valence-electron chi connectivity index (χ0n) is 15.5. The van der Waals surface area contributed by atoms with Crippen LogP contribution in [0.25, 0.3) is 0 Å². The number of hydrogen-bond acceptors (Lipinski definition) is 5. The van der Waals surface area contributed by atoms with Crippen molar-refractivity contribution in [1.29, 1.82) is 0 Å². The summed E-state index contributed by atoms with van der Waals surface area (Å²) in [6, 6.07) is 8.75. The monoisotopic (exact) mass is 368 g/mol. The second kappa shape index (κ2) is 6.95. The van der Waals surface area contributed by atoms with Crippen LogP contribution in [0.5, 0.6) is 0 Å². The maximum atomic E-state index is 12.9. The molecule has 0 amide bonds. The maximum absolute atomic E-state index is 12.9. The average molecular weight is 368 g/mol. The second-order valence-corrected chi connectivity index (χ2v) is 8.04. The number of benzene rings is 1. The predicted molar refractivity (Wildman–Crippen MR) is 97.7 cm³/mol. The number of fused-ring (bicyclic) bond motifs is 1. The molecule has 2 saturated carbocycles. The summed E-state index contributed by atoms with van der Waals surface area (Å²) in [6.45, 7) is 3.31. The van der Waals surface area contributed by atoms with Gasteiger partial charge in [0.05, 0.1) is 17.9 Å². The summed E-state index contributed by atoms with van der Waals surface area (Å²) in [5, 5.41) is 0. The van der Waals surface area contributed by atoms with Gasteiger partial charge in [0, 0.05) is 5.56 Å². The number of esters is 2. The molecule has 0 unspecified atom stereocenters. The zero-order chi connectivity index (χ0) is 19.1. The highest BCUT2D eigenvalue weighted by atomic mass is 16.5. The number of carbonyl (C=O) groups is 3. The highest BCUT2D eigenvalue weighted by Crippen LogP contribution is 2.63. The van der Waals surface area contributed by atoms with Crippen molar-refractivity contribution >= 4 is 17.7 Å². The van der Waals surface area contributed by atoms with Gasteiger partial charge in [-0.3, -0.25) is 14.4 Å². The van der Waals surface area contributed by atoms with Crippen LogP contribution in [0, 0.1) is 35.5 Å². The lowest BCUT2D eigenvalue weighted by Gasteiger charge is -2.41. The van der Waals surface area contributed by atoms with Crippen molar-refractivity contribution in [3.63, 3.8) is 0 Å². The van der Waals surface area contributed by atoms with Crippen LogP contribution in [0.2, 0.25) is 0 Å². The summed E-state index contributed by atoms with van der Waals surface area (Å²) in [4.78, 5) is 37.8. The molecule has 4 aliphatic carbocycles. The molecule has 5 heteroatoms. The number of allylic oxidation sites excluding steroid dienone is 2. The highest BCUT2D eigenvalue weighted by molar-refractivity contribution is 5.98. The molecule has 0 aliphatic heterocycles. The summed E-state index contributed by atoms with van der Waals surface area (Å²) in [7, 11) is 0. The Labute approximate surface area is 158 Å². The third kappa shape index (κ3) is 3.31. The van der Waals surface area contributed by atoms with Crippen LogP contribution >= 0.6 is 0 Å². The van der Waals surface area contributed by atoms with Crippen LogP contribution in [0.3, 0.4) is 0 Å². The molecule has 142 valence electrons. The molecular formula is C22H24O5. The molecule has 0 aromatic heterocycles. The van der Waals surface area contributed by atoms with Crippen LogP contribution in [0.4, 0.5) is 0 Å². The van der Waals surface area contributed by atoms with Crippen molar-refractivity contribution < 1.29 is 23.9 Å². The maximum Gasteiger partial charge on any atom is 0.310 e. The van der Waals surface area contributed by atoms with Crippen LogP contribution in [0.15, 0.2) is 42.5 Å². The Morgan fingerprint density at radius 1 is 0.963 bits per heavy atom. The number of carbonyl (C=O) groups excluding carboxylic acids is 3. The van der Waals surface area contributed by atoms with E-state index in [1.807, 2.05) is 6.07 Å². The summed E-state index contributed by atoms with van der Waals surface area (Å²) >= 11 is 0. The minimum atomic E-state index is -0.557. The molecule has 0 N–H and O–H groups in total. The van der Waals surface area contributed by atoms with Gasteiger partial charge < -0.3 is 9.47 Å². The zero-order valence-corrected chi connectivity index (χ0v) is 15.5. The van der Waals surface area contributed by atoms with E-state index in [0.717, 1.165) is 6.42 Å². The molecule has 6 atom stereocenters. The van der Waals surface area contributed by atoms with Crippen LogP contribution in [0.1, 0.15) is 30.6 Å². The molecule has 0 spiro atoms. The van der Waals surface area contributed by atoms with Gasteiger partial charge in [-0.25, -0.2) is 0 Å². The first-order valence-electron chi connectivity index (χ1n) is 9.61. The number of ketones is 1. The highest BCUT2D eigenvalue weighted by Gasteiger charge is 2.63. The van der Waals surface area contributed by atoms with Crippen molar-refractivity contribution in [2.45, 2.75) is 26.4 Å². The van der Waals surface area contributed by atoms with Crippen LogP contribution < -0.4 is 0 Å². The number of Topliss-reactive ketones (excluding diaryl/α,β-unsaturated/α-hetero) is 1. The topological polar surface area (TPSA) is 69.7 Å². The lowest BCUT2D eigenvalue weighted by Crippen LogP contribution is -2.48. The van der Waals surface area contributed by atoms with E-state index in [1.54, 1.807) is 38.1 Å². The van der Waals surface area contributed by atoms with E-state index < -0.39 is 17.8 Å². The van der Waals surface area contributed by atoms with Crippen molar-refractivity contribution in [2.24, 2.45) is 35.5 Å². The molecule has 5 rings (SSSR count). The van der Waals surface area contributed by atoms with Crippen molar-refractivity contribution in [3.05, 3.63) is 48.0 Å². The lowest BCUT2D eigenvalue weighted by molar-refractivity contribution is -0.169. The predicted octanol–water partition coefficient (Wildman–Crippen LogP) is 3.05. The molecular weight excluding hydrogens is 344 g/mol. The summed E-state index contributed by atoms with van der Waals surface area (Å²) in [5.41, 5.74) is 0.508. The van der Waals surface area contributed by atoms with Gasteiger partial charge in [-0.05, 0) is 43.9 Å². The quantitative estimate of drug-likeness (QED) is 0.438. The van der Waals surface area contributed by atoms with Gasteiger partial charge in [-0.1, -0.05) is 42.5 Å². The van der Waals surface area contributed by atoms with Gasteiger partial charge in [0.2, 0.25) is 0 Å². The summed E-state index contributed by atoms with van der Waals surface area (Å²) in [5.74, 6) is -1.14. The van der Waals surface area contributed by atoms with Crippen LogP contribution in [-0.4, -0.2) is 30.4 Å². The minimum absolute atomic E-state index is 0.00374. The molecule has 0 saturated heterocycles. The fourth-order valence-electron chi connectivity index (χ4n) is 4.77. The van der Waals surface area contributed by atoms with Gasteiger partial charge in [-0.2, -0.15) is 0 Å². The first kappa shape index (κ1) is 18.0. The molecule has 1 aromatic carbocycles. The van der Waals surface area contributed by atoms with Gasteiger partial charge in [0.15, 0.2) is 12.4 Å². The molecule has 0 radical (unpaired) electrons. The normalized spacial score (nSPS) is 32.7. The van der Waals surface area contributed by atoms with E-state index in [-0.39, 0.29) is 36.3 Å². The molecule has 1 aromatic rings. The number of ether oxygens (including phenoxy) is 2. The van der Waals surface area contributed by atoms with Crippen molar-refractivity contribution in [1.82, 2.24) is 0 Å². The van der Waals surface area contributed by atoms with E-state index in [9.17, 15) is 14.4 Å². The Bertz CT molecular complexity index is 781. The minimum Gasteiger partial charge on any atom is -0.463 e. The number of rotatable bonds is 6. The third-order valence-corrected chi connectivity index (χ3v) is 5.99. The summed E-state index contributed by atoms with van der Waals surface area (Å²) < 4.78 is 10.8. The van der Waals surface area contributed by atoms with Gasteiger partial charge in [0.25, 0.3) is 0 Å². The molecule has 27 heavy (non-hydrogen) atoms. The Balaban J connectivity index is 1.48. The standard InChI is InChI=1S/C22H24O5/c1-12(2)27-22(25)20-15-9-8-14(16-10-17(15)16)19(20)21(24)26-11-18(23)13-6-4-3-5-7-13/h3-9,12,14-17,19-20H,10-11H2,1-2H3/t14-,15+,16-,17+,19-,20-/m0/s1. The van der Waals surface area contributed by atoms with Crippen molar-refractivity contribution in [2.75, 3.05) is 6.61 Å². The van der Waals surface area contributed by atoms with E-state index in [1.165, 1.54) is 0 Å². The molecule has 4 aliphatic rings. The van der Waals surface area contributed by atoms with E-state index in [0.29, 0.717) is 17.4 Å². The lowest BCUT2D eigenvalue weighted by atomic mass is 9.62.